The lowest BCUT2D eigenvalue weighted by atomic mass is 10.1. The molecule has 0 radical (unpaired) electrons. The van der Waals surface area contributed by atoms with Gasteiger partial charge >= 0.3 is 0 Å². The first-order valence-electron chi connectivity index (χ1n) is 9.04. The predicted octanol–water partition coefficient (Wildman–Crippen LogP) is 3.23. The summed E-state index contributed by atoms with van der Waals surface area (Å²) >= 11 is 0. The fourth-order valence-corrected chi connectivity index (χ4v) is 2.65. The number of nitrogens with one attached hydrogen (secondary N) is 1. The van der Waals surface area contributed by atoms with E-state index in [1.165, 1.54) is 5.56 Å². The van der Waals surface area contributed by atoms with Crippen molar-refractivity contribution >= 4 is 11.6 Å². The van der Waals surface area contributed by atoms with E-state index in [4.69, 9.17) is 4.42 Å². The Labute approximate surface area is 159 Å². The van der Waals surface area contributed by atoms with E-state index in [0.29, 0.717) is 31.2 Å². The zero-order chi connectivity index (χ0) is 19.1. The van der Waals surface area contributed by atoms with E-state index in [9.17, 15) is 4.79 Å². The second kappa shape index (κ2) is 8.98. The molecule has 140 valence electrons. The molecule has 1 heterocycles. The Kier molecular flexibility index (Phi) is 6.20. The summed E-state index contributed by atoms with van der Waals surface area (Å²) in [6, 6.07) is 18.0. The maximum atomic E-state index is 12.0. The first-order valence-corrected chi connectivity index (χ1v) is 9.04. The molecule has 3 aromatic rings. The van der Waals surface area contributed by atoms with Gasteiger partial charge in [0.1, 0.15) is 0 Å². The van der Waals surface area contributed by atoms with E-state index in [-0.39, 0.29) is 5.91 Å². The molecule has 0 spiro atoms. The van der Waals surface area contributed by atoms with Crippen LogP contribution in [0.5, 0.6) is 0 Å². The van der Waals surface area contributed by atoms with Gasteiger partial charge in [-0.25, -0.2) is 0 Å². The number of aromatic nitrogens is 2. The van der Waals surface area contributed by atoms with Crippen molar-refractivity contribution in [2.24, 2.45) is 0 Å². The van der Waals surface area contributed by atoms with Crippen molar-refractivity contribution in [3.8, 4) is 11.5 Å². The number of rotatable bonds is 8. The van der Waals surface area contributed by atoms with E-state index in [1.54, 1.807) is 0 Å². The monoisotopic (exact) mass is 364 g/mol. The number of para-hydroxylation sites is 1. The first-order chi connectivity index (χ1) is 13.1. The van der Waals surface area contributed by atoms with Gasteiger partial charge in [-0.3, -0.25) is 4.79 Å². The van der Waals surface area contributed by atoms with Gasteiger partial charge in [0.25, 0.3) is 0 Å². The molecule has 6 heteroatoms. The molecule has 0 aliphatic heterocycles. The van der Waals surface area contributed by atoms with Crippen LogP contribution in [0.1, 0.15) is 17.9 Å². The highest BCUT2D eigenvalue weighted by atomic mass is 16.4. The van der Waals surface area contributed by atoms with Gasteiger partial charge in [-0.2, -0.15) is 0 Å². The fraction of sp³-hybridized carbons (Fsp3) is 0.286. The normalized spacial score (nSPS) is 10.6. The maximum absolute atomic E-state index is 12.0. The lowest BCUT2D eigenvalue weighted by Crippen LogP contribution is -2.33. The number of amides is 1. The highest BCUT2D eigenvalue weighted by Crippen LogP contribution is 2.18. The first kappa shape index (κ1) is 18.6. The van der Waals surface area contributed by atoms with Crippen LogP contribution in [-0.2, 0) is 11.2 Å². The average molecular weight is 364 g/mol. The summed E-state index contributed by atoms with van der Waals surface area (Å²) in [4.78, 5) is 14.1. The van der Waals surface area contributed by atoms with Gasteiger partial charge in [0, 0.05) is 44.2 Å². The summed E-state index contributed by atoms with van der Waals surface area (Å²) in [5, 5.41) is 11.0. The Morgan fingerprint density at radius 3 is 2.56 bits per heavy atom. The molecule has 0 unspecified atom stereocenters. The molecule has 1 aromatic heterocycles. The summed E-state index contributed by atoms with van der Waals surface area (Å²) in [5.74, 6) is 0.934. The van der Waals surface area contributed by atoms with Crippen molar-refractivity contribution < 1.29 is 9.21 Å². The third-order valence-electron chi connectivity index (χ3n) is 4.30. The van der Waals surface area contributed by atoms with Crippen LogP contribution in [0.25, 0.3) is 11.5 Å². The zero-order valence-corrected chi connectivity index (χ0v) is 15.7. The molecule has 6 nitrogen and oxygen atoms in total. The summed E-state index contributed by atoms with van der Waals surface area (Å²) in [6.07, 6.45) is 0.754. The van der Waals surface area contributed by atoms with Crippen LogP contribution in [0, 0.1) is 6.92 Å². The van der Waals surface area contributed by atoms with Gasteiger partial charge in [0.15, 0.2) is 0 Å². The van der Waals surface area contributed by atoms with E-state index in [2.05, 4.69) is 20.4 Å². The molecule has 0 aliphatic carbocycles. The van der Waals surface area contributed by atoms with Crippen LogP contribution in [0.4, 0.5) is 5.69 Å². The molecule has 1 N–H and O–H groups in total. The number of aryl methyl sites for hydroxylation is 2. The topological polar surface area (TPSA) is 71.3 Å². The number of benzene rings is 2. The van der Waals surface area contributed by atoms with Crippen LogP contribution in [0.15, 0.2) is 59.0 Å². The minimum atomic E-state index is -0.0217. The number of carbonyl (C=O) groups is 1. The molecular formula is C21H24N4O2. The largest absolute Gasteiger partial charge is 0.421 e. The van der Waals surface area contributed by atoms with Crippen LogP contribution >= 0.6 is 0 Å². The molecular weight excluding hydrogens is 340 g/mol. The van der Waals surface area contributed by atoms with Crippen LogP contribution in [-0.4, -0.2) is 36.2 Å². The van der Waals surface area contributed by atoms with Gasteiger partial charge in [-0.15, -0.1) is 10.2 Å². The van der Waals surface area contributed by atoms with E-state index in [0.717, 1.165) is 17.8 Å². The Morgan fingerprint density at radius 1 is 1.07 bits per heavy atom. The minimum Gasteiger partial charge on any atom is -0.421 e. The summed E-state index contributed by atoms with van der Waals surface area (Å²) in [5.41, 5.74) is 3.18. The maximum Gasteiger partial charge on any atom is 0.247 e. The smallest absolute Gasteiger partial charge is 0.247 e. The number of hydrogen-bond donors (Lipinski definition) is 1. The Balaban J connectivity index is 1.41. The highest BCUT2D eigenvalue weighted by Gasteiger charge is 2.10. The van der Waals surface area contributed by atoms with E-state index < -0.39 is 0 Å². The lowest BCUT2D eigenvalue weighted by molar-refractivity contribution is -0.121. The molecule has 0 fully saturated rings. The zero-order valence-electron chi connectivity index (χ0n) is 15.7. The fourth-order valence-electron chi connectivity index (χ4n) is 2.65. The summed E-state index contributed by atoms with van der Waals surface area (Å²) in [7, 11) is 2.01. The van der Waals surface area contributed by atoms with Crippen LogP contribution < -0.4 is 10.2 Å². The van der Waals surface area contributed by atoms with E-state index in [1.807, 2.05) is 68.6 Å². The Morgan fingerprint density at radius 2 is 1.81 bits per heavy atom. The minimum absolute atomic E-state index is 0.0217. The predicted molar refractivity (Wildman–Crippen MR) is 106 cm³/mol. The number of anilines is 1. The molecule has 0 aliphatic rings. The summed E-state index contributed by atoms with van der Waals surface area (Å²) < 4.78 is 5.65. The lowest BCUT2D eigenvalue weighted by Gasteiger charge is -2.19. The van der Waals surface area contributed by atoms with Gasteiger partial charge in [-0.05, 0) is 31.2 Å². The Hall–Kier alpha value is -3.15. The molecule has 0 saturated heterocycles. The van der Waals surface area contributed by atoms with Crippen LogP contribution in [0.2, 0.25) is 0 Å². The number of carbonyl (C=O) groups excluding carboxylic acids is 1. The third-order valence-corrected chi connectivity index (χ3v) is 4.30. The van der Waals surface area contributed by atoms with Gasteiger partial charge in [0.05, 0.1) is 0 Å². The second-order valence-corrected chi connectivity index (χ2v) is 6.47. The van der Waals surface area contributed by atoms with Crippen molar-refractivity contribution in [1.82, 2.24) is 15.5 Å². The molecule has 0 atom stereocenters. The number of nitrogens with zero attached hydrogens (tertiary/aromatic N) is 3. The standard InChI is InChI=1S/C21H24N4O2/c1-16-8-10-17(11-9-16)21-24-23-20(27-21)13-12-19(26)22-14-15-25(2)18-6-4-3-5-7-18/h3-11H,12-15H2,1-2H3,(H,22,26). The van der Waals surface area contributed by atoms with Crippen molar-refractivity contribution in [2.45, 2.75) is 19.8 Å². The van der Waals surface area contributed by atoms with Gasteiger partial charge in [0.2, 0.25) is 17.7 Å². The highest BCUT2D eigenvalue weighted by molar-refractivity contribution is 5.76. The quantitative estimate of drug-likeness (QED) is 0.664. The third kappa shape index (κ3) is 5.41. The molecule has 2 aromatic carbocycles. The average Bonchev–Trinajstić information content (AvgIpc) is 3.16. The Bertz CT molecular complexity index is 859. The SMILES string of the molecule is Cc1ccc(-c2nnc(CCC(=O)NCCN(C)c3ccccc3)o2)cc1. The number of likely N-dealkylation sites (N-methyl/N-ethyl adjacent to an activating group) is 1. The van der Waals surface area contributed by atoms with Crippen molar-refractivity contribution in [2.75, 3.05) is 25.0 Å². The molecule has 3 rings (SSSR count). The van der Waals surface area contributed by atoms with E-state index >= 15 is 0 Å². The molecule has 0 saturated carbocycles. The van der Waals surface area contributed by atoms with Crippen molar-refractivity contribution in [1.29, 1.82) is 0 Å². The van der Waals surface area contributed by atoms with Crippen molar-refractivity contribution in [3.05, 3.63) is 66.1 Å². The summed E-state index contributed by atoms with van der Waals surface area (Å²) in [6.45, 7) is 3.36. The molecule has 27 heavy (non-hydrogen) atoms. The van der Waals surface area contributed by atoms with Crippen molar-refractivity contribution in [3.63, 3.8) is 0 Å². The molecule has 0 bridgehead atoms. The van der Waals surface area contributed by atoms with Gasteiger partial charge < -0.3 is 14.6 Å². The van der Waals surface area contributed by atoms with Crippen LogP contribution in [0.3, 0.4) is 0 Å². The van der Waals surface area contributed by atoms with Gasteiger partial charge in [-0.1, -0.05) is 35.9 Å². The number of hydrogen-bond acceptors (Lipinski definition) is 5. The second-order valence-electron chi connectivity index (χ2n) is 6.47. The molecule has 1 amide bonds.